The minimum absolute atomic E-state index is 0.389. The molecule has 0 N–H and O–H groups in total. The van der Waals surface area contributed by atoms with E-state index in [1.807, 2.05) is 0 Å². The second-order valence-electron chi connectivity index (χ2n) is 5.94. The van der Waals surface area contributed by atoms with E-state index in [2.05, 4.69) is 18.9 Å². The number of hydrogen-bond acceptors (Lipinski definition) is 7. The Hall–Kier alpha value is -1.19. The Morgan fingerprint density at radius 2 is 0.862 bits per heavy atom. The summed E-state index contributed by atoms with van der Waals surface area (Å²) in [6.07, 6.45) is -1.07. The summed E-state index contributed by atoms with van der Waals surface area (Å²) in [6.45, 7) is 0. The largest absolute Gasteiger partial charge is 0.399 e. The Kier molecular flexibility index (Phi) is 9.36. The van der Waals surface area contributed by atoms with Gasteiger partial charge < -0.3 is 0 Å². The maximum absolute atomic E-state index is 12.1. The average Bonchev–Trinajstić information content (AvgIpc) is 2.76. The molecular weight excluding hydrogens is 458 g/mol. The molecule has 0 heterocycles. The van der Waals surface area contributed by atoms with Crippen molar-refractivity contribution in [3.8, 4) is 0 Å². The van der Waals surface area contributed by atoms with Gasteiger partial charge in [-0.05, 0) is 40.4 Å². The highest BCUT2D eigenvalue weighted by molar-refractivity contribution is 7.97. The molecule has 0 saturated carbocycles. The van der Waals surface area contributed by atoms with Gasteiger partial charge in [-0.25, -0.2) is 0 Å². The Morgan fingerprint density at radius 1 is 0.586 bits per heavy atom. The fourth-order valence-corrected chi connectivity index (χ4v) is 4.85. The lowest BCUT2D eigenvalue weighted by molar-refractivity contribution is -0.0881. The molecule has 0 spiro atoms. The van der Waals surface area contributed by atoms with Gasteiger partial charge in [0.15, 0.2) is 0 Å². The predicted molar refractivity (Wildman–Crippen MR) is 99.3 cm³/mol. The van der Waals surface area contributed by atoms with Gasteiger partial charge in [0.05, 0.1) is 12.3 Å². The molecule has 2 aromatic rings. The van der Waals surface area contributed by atoms with Crippen LogP contribution in [0.5, 0.6) is 0 Å². The summed E-state index contributed by atoms with van der Waals surface area (Å²) in [4.78, 5) is 0. The monoisotopic (exact) mass is 474 g/mol. The van der Waals surface area contributed by atoms with E-state index in [9.17, 15) is 27.2 Å². The summed E-state index contributed by atoms with van der Waals surface area (Å²) >= 11 is 1.57. The molecule has 0 saturated heterocycles. The Bertz CT molecular complexity index is 781. The molecule has 0 fully saturated rings. The van der Waals surface area contributed by atoms with E-state index < -0.39 is 27.5 Å². The number of hydrogen-bond donors (Lipinski definition) is 0. The van der Waals surface area contributed by atoms with Crippen LogP contribution in [0.2, 0.25) is 0 Å². The number of benzene rings is 2. The van der Waals surface area contributed by atoms with Gasteiger partial charge in [0, 0.05) is 11.5 Å². The zero-order chi connectivity index (χ0) is 21.3. The first-order valence-corrected chi connectivity index (χ1v) is 12.6. The van der Waals surface area contributed by atoms with Crippen molar-refractivity contribution in [3.05, 3.63) is 70.8 Å². The van der Waals surface area contributed by atoms with Crippen LogP contribution < -0.4 is 0 Å². The van der Waals surface area contributed by atoms with Crippen molar-refractivity contribution in [3.63, 3.8) is 0 Å². The summed E-state index contributed by atoms with van der Waals surface area (Å²) in [5.41, 5.74) is 2.63. The topological polar surface area (TPSA) is 71.1 Å². The van der Waals surface area contributed by atoms with Crippen LogP contribution >= 0.6 is 27.0 Å². The van der Waals surface area contributed by atoms with Gasteiger partial charge in [0.25, 0.3) is 0 Å². The van der Waals surface area contributed by atoms with E-state index >= 15 is 0 Å². The zero-order valence-electron chi connectivity index (χ0n) is 14.7. The maximum atomic E-state index is 12.1. The van der Waals surface area contributed by atoms with E-state index in [4.69, 9.17) is 0 Å². The Labute approximate surface area is 168 Å². The third kappa shape index (κ3) is 7.53. The first-order chi connectivity index (χ1) is 13.8. The third-order valence-corrected chi connectivity index (χ3v) is 7.18. The van der Waals surface area contributed by atoms with Crippen LogP contribution in [0, 0.1) is 0 Å². The molecule has 0 amide bonds. The lowest BCUT2D eigenvalue weighted by atomic mass is 10.2. The lowest BCUT2D eigenvalue weighted by Crippen LogP contribution is -1.92. The normalized spacial score (nSPS) is 12.3. The van der Waals surface area contributed by atoms with Crippen LogP contribution in [0.3, 0.4) is 0 Å². The minimum Gasteiger partial charge on any atom is -0.254 e. The van der Waals surface area contributed by atoms with Gasteiger partial charge in [-0.15, -0.1) is 18.9 Å². The number of halogens is 4. The summed E-state index contributed by atoms with van der Waals surface area (Å²) in [5.74, 6) is 1.25. The quantitative estimate of drug-likeness (QED) is 0.240. The van der Waals surface area contributed by atoms with E-state index in [1.165, 1.54) is 0 Å². The van der Waals surface area contributed by atoms with E-state index in [-0.39, 0.29) is 0 Å². The van der Waals surface area contributed by atoms with Crippen molar-refractivity contribution in [1.82, 2.24) is 0 Å². The molecule has 160 valence electrons. The fourth-order valence-electron chi connectivity index (χ4n) is 2.33. The van der Waals surface area contributed by atoms with Crippen LogP contribution in [0.1, 0.15) is 22.3 Å². The second kappa shape index (κ2) is 11.3. The van der Waals surface area contributed by atoms with Gasteiger partial charge in [-0.2, -0.15) is 11.8 Å². The molecule has 0 bridgehead atoms. The molecule has 0 aromatic heterocycles. The van der Waals surface area contributed by atoms with Crippen LogP contribution in [-0.4, -0.2) is 0 Å². The van der Waals surface area contributed by atoms with Gasteiger partial charge in [-0.3, -0.25) is 9.13 Å². The highest BCUT2D eigenvalue weighted by atomic mass is 32.2. The zero-order valence-corrected chi connectivity index (χ0v) is 17.3. The van der Waals surface area contributed by atoms with Gasteiger partial charge >= 0.3 is 15.2 Å². The van der Waals surface area contributed by atoms with E-state index in [0.29, 0.717) is 22.6 Å². The number of thioether (sulfide) groups is 1. The SMILES string of the molecule is O=P(Cc1ccc(CSCc2ccc(CP(=O)(OF)OF)cc2)cc1)(OF)OF. The van der Waals surface area contributed by atoms with Gasteiger partial charge in [0.1, 0.15) is 0 Å². The van der Waals surface area contributed by atoms with E-state index in [1.54, 1.807) is 60.3 Å². The highest BCUT2D eigenvalue weighted by Gasteiger charge is 2.28. The summed E-state index contributed by atoms with van der Waals surface area (Å²) < 4.78 is 83.4. The number of rotatable bonds is 12. The summed E-state index contributed by atoms with van der Waals surface area (Å²) in [5, 5.41) is 0. The van der Waals surface area contributed by atoms with Crippen molar-refractivity contribution in [1.29, 1.82) is 0 Å². The van der Waals surface area contributed by atoms with E-state index in [0.717, 1.165) is 11.1 Å². The molecule has 0 aliphatic carbocycles. The molecule has 0 atom stereocenters. The minimum atomic E-state index is -4.41. The molecule has 2 aromatic carbocycles. The molecule has 0 aliphatic rings. The van der Waals surface area contributed by atoms with Crippen LogP contribution in [-0.2, 0) is 51.9 Å². The Morgan fingerprint density at radius 3 is 1.14 bits per heavy atom. The van der Waals surface area contributed by atoms with Crippen molar-refractivity contribution in [2.24, 2.45) is 0 Å². The molecular formula is C16H16F4O6P2S. The molecule has 29 heavy (non-hydrogen) atoms. The molecule has 0 radical (unpaired) electrons. The first kappa shape index (κ1) is 24.1. The Balaban J connectivity index is 1.84. The highest BCUT2D eigenvalue weighted by Crippen LogP contribution is 2.52. The van der Waals surface area contributed by atoms with Crippen molar-refractivity contribution >= 4 is 27.0 Å². The van der Waals surface area contributed by atoms with Crippen molar-refractivity contribution in [2.75, 3.05) is 0 Å². The van der Waals surface area contributed by atoms with Crippen molar-refractivity contribution < 1.29 is 46.1 Å². The molecule has 13 heteroatoms. The van der Waals surface area contributed by atoms with Gasteiger partial charge in [-0.1, -0.05) is 48.5 Å². The fraction of sp³-hybridized carbons (Fsp3) is 0.250. The molecule has 6 nitrogen and oxygen atoms in total. The first-order valence-electron chi connectivity index (χ1n) is 7.98. The second-order valence-corrected chi connectivity index (χ2v) is 10.6. The molecule has 2 rings (SSSR count). The maximum Gasteiger partial charge on any atom is 0.399 e. The van der Waals surface area contributed by atoms with Crippen LogP contribution in [0.4, 0.5) is 18.1 Å². The lowest BCUT2D eigenvalue weighted by Gasteiger charge is -2.09. The smallest absolute Gasteiger partial charge is 0.254 e. The van der Waals surface area contributed by atoms with Crippen molar-refractivity contribution in [2.45, 2.75) is 23.8 Å². The third-order valence-electron chi connectivity index (χ3n) is 3.76. The molecule has 0 unspecified atom stereocenters. The van der Waals surface area contributed by atoms with Gasteiger partial charge in [0.2, 0.25) is 0 Å². The predicted octanol–water partition coefficient (Wildman–Crippen LogP) is 7.11. The summed E-state index contributed by atoms with van der Waals surface area (Å²) in [6, 6.07) is 13.1. The molecule has 0 aliphatic heterocycles. The standard InChI is InChI=1S/C16H16F4O6P2S/c17-23-27(21,24-18)9-13-1-5-15(6-2-13)11-29-12-16-7-3-14(4-8-16)10-28(22,25-19)26-20/h1-8H,9-12H2. The van der Waals surface area contributed by atoms with Crippen LogP contribution in [0.25, 0.3) is 0 Å². The average molecular weight is 474 g/mol. The summed E-state index contributed by atoms with van der Waals surface area (Å²) in [7, 11) is -8.83. The van der Waals surface area contributed by atoms with Crippen LogP contribution in [0.15, 0.2) is 48.5 Å².